The zero-order valence-electron chi connectivity index (χ0n) is 8.05. The van der Waals surface area contributed by atoms with Gasteiger partial charge in [0, 0.05) is 18.4 Å². The maximum atomic E-state index is 11.8. The molecule has 0 spiro atoms. The SMILES string of the molecule is O=C(CCCC(F)(F)F)c1ccccc1. The van der Waals surface area contributed by atoms with Gasteiger partial charge in [-0.05, 0) is 6.42 Å². The Hall–Kier alpha value is -1.32. The number of carbonyl (C=O) groups excluding carboxylic acids is 1. The Labute approximate surface area is 85.9 Å². The molecule has 0 aromatic heterocycles. The fraction of sp³-hybridized carbons (Fsp3) is 0.364. The molecular formula is C11H11F3O. The molecule has 1 nitrogen and oxygen atoms in total. The van der Waals surface area contributed by atoms with Crippen molar-refractivity contribution in [3.8, 4) is 0 Å². The Bertz CT molecular complexity index is 316. The van der Waals surface area contributed by atoms with Crippen molar-refractivity contribution in [2.24, 2.45) is 0 Å². The molecule has 0 amide bonds. The van der Waals surface area contributed by atoms with E-state index < -0.39 is 12.6 Å². The van der Waals surface area contributed by atoms with Crippen LogP contribution in [0.1, 0.15) is 29.6 Å². The standard InChI is InChI=1S/C11H11F3O/c12-11(13,14)8-4-7-10(15)9-5-2-1-3-6-9/h1-3,5-6H,4,7-8H2. The number of carbonyl (C=O) groups is 1. The molecule has 0 bridgehead atoms. The van der Waals surface area contributed by atoms with Gasteiger partial charge in [-0.3, -0.25) is 4.79 Å². The molecule has 0 saturated heterocycles. The van der Waals surface area contributed by atoms with Gasteiger partial charge in [0.2, 0.25) is 0 Å². The second-order valence-electron chi connectivity index (χ2n) is 3.26. The molecule has 0 heterocycles. The van der Waals surface area contributed by atoms with Gasteiger partial charge in [-0.1, -0.05) is 30.3 Å². The van der Waals surface area contributed by atoms with E-state index in [0.717, 1.165) is 0 Å². The van der Waals surface area contributed by atoms with E-state index >= 15 is 0 Å². The van der Waals surface area contributed by atoms with Gasteiger partial charge in [0.15, 0.2) is 5.78 Å². The third kappa shape index (κ3) is 4.63. The minimum absolute atomic E-state index is 0.0521. The van der Waals surface area contributed by atoms with E-state index in [4.69, 9.17) is 0 Å². The third-order valence-electron chi connectivity index (χ3n) is 1.96. The lowest BCUT2D eigenvalue weighted by atomic mass is 10.1. The van der Waals surface area contributed by atoms with E-state index in [1.807, 2.05) is 0 Å². The van der Waals surface area contributed by atoms with Gasteiger partial charge in [-0.15, -0.1) is 0 Å². The second kappa shape index (κ2) is 4.96. The average Bonchev–Trinajstić information content (AvgIpc) is 2.17. The highest BCUT2D eigenvalue weighted by Crippen LogP contribution is 2.22. The Morgan fingerprint density at radius 1 is 1.13 bits per heavy atom. The highest BCUT2D eigenvalue weighted by molar-refractivity contribution is 5.95. The van der Waals surface area contributed by atoms with Crippen LogP contribution in [-0.4, -0.2) is 12.0 Å². The summed E-state index contributed by atoms with van der Waals surface area (Å²) in [5.74, 6) is -0.236. The molecule has 0 atom stereocenters. The van der Waals surface area contributed by atoms with Crippen LogP contribution in [0.5, 0.6) is 0 Å². The van der Waals surface area contributed by atoms with Gasteiger partial charge < -0.3 is 0 Å². The van der Waals surface area contributed by atoms with E-state index in [2.05, 4.69) is 0 Å². The number of ketones is 1. The summed E-state index contributed by atoms with van der Waals surface area (Å²) < 4.78 is 35.4. The van der Waals surface area contributed by atoms with Crippen LogP contribution in [-0.2, 0) is 0 Å². The molecule has 0 fully saturated rings. The predicted molar refractivity (Wildman–Crippen MR) is 50.7 cm³/mol. The summed E-state index contributed by atoms with van der Waals surface area (Å²) in [6.45, 7) is 0. The molecule has 15 heavy (non-hydrogen) atoms. The minimum atomic E-state index is -4.17. The van der Waals surface area contributed by atoms with E-state index in [-0.39, 0.29) is 18.6 Å². The van der Waals surface area contributed by atoms with Gasteiger partial charge >= 0.3 is 6.18 Å². The minimum Gasteiger partial charge on any atom is -0.294 e. The predicted octanol–water partition coefficient (Wildman–Crippen LogP) is 3.60. The summed E-state index contributed by atoms with van der Waals surface area (Å²) in [7, 11) is 0. The zero-order valence-corrected chi connectivity index (χ0v) is 8.05. The summed E-state index contributed by atoms with van der Waals surface area (Å²) in [5, 5.41) is 0. The zero-order chi connectivity index (χ0) is 11.3. The maximum Gasteiger partial charge on any atom is 0.389 e. The first kappa shape index (κ1) is 11.8. The van der Waals surface area contributed by atoms with Gasteiger partial charge in [-0.2, -0.15) is 13.2 Å². The Balaban J connectivity index is 2.38. The van der Waals surface area contributed by atoms with Crippen LogP contribution in [0.3, 0.4) is 0 Å². The van der Waals surface area contributed by atoms with Crippen molar-refractivity contribution in [2.45, 2.75) is 25.4 Å². The molecule has 1 rings (SSSR count). The molecule has 0 unspecified atom stereocenters. The lowest BCUT2D eigenvalue weighted by molar-refractivity contribution is -0.135. The maximum absolute atomic E-state index is 11.8. The van der Waals surface area contributed by atoms with Crippen molar-refractivity contribution < 1.29 is 18.0 Å². The quantitative estimate of drug-likeness (QED) is 0.703. The summed E-state index contributed by atoms with van der Waals surface area (Å²) in [4.78, 5) is 11.4. The first-order chi connectivity index (χ1) is 6.99. The van der Waals surface area contributed by atoms with Crippen molar-refractivity contribution in [3.05, 3.63) is 35.9 Å². The topological polar surface area (TPSA) is 17.1 Å². The number of Topliss-reactive ketones (excluding diaryl/α,β-unsaturated/α-hetero) is 1. The van der Waals surface area contributed by atoms with Gasteiger partial charge in [0.25, 0.3) is 0 Å². The summed E-state index contributed by atoms with van der Waals surface area (Å²) in [5.41, 5.74) is 0.472. The fourth-order valence-corrected chi connectivity index (χ4v) is 1.22. The van der Waals surface area contributed by atoms with Gasteiger partial charge in [0.1, 0.15) is 0 Å². The first-order valence-corrected chi connectivity index (χ1v) is 4.64. The highest BCUT2D eigenvalue weighted by atomic mass is 19.4. The van der Waals surface area contributed by atoms with Crippen LogP contribution < -0.4 is 0 Å². The van der Waals surface area contributed by atoms with Crippen LogP contribution in [0, 0.1) is 0 Å². The number of halogens is 3. The Morgan fingerprint density at radius 3 is 2.27 bits per heavy atom. The average molecular weight is 216 g/mol. The smallest absolute Gasteiger partial charge is 0.294 e. The van der Waals surface area contributed by atoms with E-state index in [9.17, 15) is 18.0 Å². The lowest BCUT2D eigenvalue weighted by Gasteiger charge is -2.05. The van der Waals surface area contributed by atoms with Crippen LogP contribution >= 0.6 is 0 Å². The van der Waals surface area contributed by atoms with E-state index in [1.54, 1.807) is 30.3 Å². The summed E-state index contributed by atoms with van der Waals surface area (Å²) in [6, 6.07) is 8.35. The van der Waals surface area contributed by atoms with Crippen LogP contribution in [0.4, 0.5) is 13.2 Å². The van der Waals surface area contributed by atoms with Crippen LogP contribution in [0.2, 0.25) is 0 Å². The van der Waals surface area contributed by atoms with E-state index in [0.29, 0.717) is 5.56 Å². The van der Waals surface area contributed by atoms with Crippen LogP contribution in [0.25, 0.3) is 0 Å². The Kier molecular flexibility index (Phi) is 3.88. The highest BCUT2D eigenvalue weighted by Gasteiger charge is 2.26. The van der Waals surface area contributed by atoms with Crippen molar-refractivity contribution in [1.29, 1.82) is 0 Å². The number of rotatable bonds is 4. The molecule has 4 heteroatoms. The molecule has 1 aromatic rings. The lowest BCUT2D eigenvalue weighted by Crippen LogP contribution is -2.08. The number of benzene rings is 1. The van der Waals surface area contributed by atoms with Gasteiger partial charge in [-0.25, -0.2) is 0 Å². The molecule has 0 aliphatic carbocycles. The molecule has 1 aromatic carbocycles. The van der Waals surface area contributed by atoms with Crippen molar-refractivity contribution in [3.63, 3.8) is 0 Å². The van der Waals surface area contributed by atoms with Crippen LogP contribution in [0.15, 0.2) is 30.3 Å². The number of hydrogen-bond donors (Lipinski definition) is 0. The molecule has 0 saturated carbocycles. The first-order valence-electron chi connectivity index (χ1n) is 4.64. The van der Waals surface area contributed by atoms with Crippen molar-refractivity contribution in [1.82, 2.24) is 0 Å². The monoisotopic (exact) mass is 216 g/mol. The van der Waals surface area contributed by atoms with Gasteiger partial charge in [0.05, 0.1) is 0 Å². The Morgan fingerprint density at radius 2 is 1.73 bits per heavy atom. The van der Waals surface area contributed by atoms with Crippen molar-refractivity contribution in [2.75, 3.05) is 0 Å². The number of alkyl halides is 3. The molecule has 0 aliphatic rings. The second-order valence-corrected chi connectivity index (χ2v) is 3.26. The largest absolute Gasteiger partial charge is 0.389 e. The number of hydrogen-bond acceptors (Lipinski definition) is 1. The summed E-state index contributed by atoms with van der Waals surface area (Å²) >= 11 is 0. The molecule has 0 aliphatic heterocycles. The molecule has 0 N–H and O–H groups in total. The molecular weight excluding hydrogens is 205 g/mol. The molecule has 0 radical (unpaired) electrons. The normalized spacial score (nSPS) is 11.4. The summed E-state index contributed by atoms with van der Waals surface area (Å²) in [6.07, 6.45) is -5.26. The van der Waals surface area contributed by atoms with Crippen molar-refractivity contribution >= 4 is 5.78 Å². The molecule has 82 valence electrons. The van der Waals surface area contributed by atoms with E-state index in [1.165, 1.54) is 0 Å². The fourth-order valence-electron chi connectivity index (χ4n) is 1.22. The third-order valence-corrected chi connectivity index (χ3v) is 1.96.